The molecule has 1 N–H and O–H groups in total. The minimum atomic E-state index is -0.897. The van der Waals surface area contributed by atoms with Crippen LogP contribution in [0.15, 0.2) is 11.6 Å². The smallest absolute Gasteiger partial charge is 0.612 e. The van der Waals surface area contributed by atoms with E-state index < -0.39 is 23.5 Å². The molecule has 0 aliphatic rings. The third-order valence-corrected chi connectivity index (χ3v) is 1.26. The van der Waals surface area contributed by atoms with Crippen molar-refractivity contribution in [2.24, 2.45) is 0 Å². The van der Waals surface area contributed by atoms with Gasteiger partial charge in [-0.15, -0.1) is 0 Å². The first-order valence-corrected chi connectivity index (χ1v) is 4.51. The van der Waals surface area contributed by atoms with Gasteiger partial charge in [-0.2, -0.15) is 0 Å². The zero-order valence-electron chi connectivity index (χ0n) is 9.96. The van der Waals surface area contributed by atoms with E-state index in [4.69, 9.17) is 0 Å². The first-order valence-electron chi connectivity index (χ1n) is 4.51. The van der Waals surface area contributed by atoms with Crippen LogP contribution in [0.25, 0.3) is 0 Å². The fourth-order valence-corrected chi connectivity index (χ4v) is 0.768. The van der Waals surface area contributed by atoms with Crippen molar-refractivity contribution >= 4 is 11.9 Å². The molecule has 1 amide bonds. The van der Waals surface area contributed by atoms with Gasteiger partial charge in [0.05, 0.1) is 12.6 Å². The quantitative estimate of drug-likeness (QED) is 0.236. The molecule has 0 radical (unpaired) electrons. The van der Waals surface area contributed by atoms with Crippen LogP contribution in [0.3, 0.4) is 0 Å². The third-order valence-electron chi connectivity index (χ3n) is 1.26. The second-order valence-corrected chi connectivity index (χ2v) is 2.50. The summed E-state index contributed by atoms with van der Waals surface area (Å²) in [6.45, 7) is 4.59. The molecule has 0 unspecified atom stereocenters. The molecule has 0 atom stereocenters. The Labute approximate surface area is 137 Å². The fraction of sp³-hybridized carbons (Fsp3) is 0.556. The summed E-state index contributed by atoms with van der Waals surface area (Å²) < 4.78 is 9.16. The number of esters is 1. The number of rotatable bonds is 5. The number of hydrogen-bond acceptors (Lipinski definition) is 5. The van der Waals surface area contributed by atoms with E-state index in [1.54, 1.807) is 13.8 Å². The summed E-state index contributed by atoms with van der Waals surface area (Å²) in [7, 11) is 0. The van der Waals surface area contributed by atoms with Gasteiger partial charge in [-0.05, 0) is 13.5 Å². The number of ether oxygens (including phenoxy) is 2. The van der Waals surface area contributed by atoms with Crippen LogP contribution in [0, 0.1) is 0 Å². The minimum Gasteiger partial charge on any atom is -0.612 e. The molecule has 0 saturated carbocycles. The molecule has 6 nitrogen and oxygen atoms in total. The Morgan fingerprint density at radius 3 is 2.06 bits per heavy atom. The molecule has 0 rings (SSSR count). The van der Waals surface area contributed by atoms with Crippen molar-refractivity contribution in [1.29, 1.82) is 0 Å². The minimum absolute atomic E-state index is 0. The van der Waals surface area contributed by atoms with Gasteiger partial charge in [-0.1, -0.05) is 6.92 Å². The van der Waals surface area contributed by atoms with Crippen molar-refractivity contribution in [3.63, 3.8) is 0 Å². The van der Waals surface area contributed by atoms with Crippen LogP contribution >= 0.6 is 0 Å². The summed E-state index contributed by atoms with van der Waals surface area (Å²) in [6.07, 6.45) is 0. The first kappa shape index (κ1) is 18.3. The van der Waals surface area contributed by atoms with Crippen molar-refractivity contribution in [1.82, 2.24) is 5.32 Å². The average molecular weight is 255 g/mol. The Bertz CT molecular complexity index is 277. The van der Waals surface area contributed by atoms with E-state index in [1.807, 2.05) is 0 Å². The predicted molar refractivity (Wildman–Crippen MR) is 49.1 cm³/mol. The summed E-state index contributed by atoms with van der Waals surface area (Å²) in [6, 6.07) is 0. The van der Waals surface area contributed by atoms with E-state index >= 15 is 0 Å². The molecule has 0 aromatic heterocycles. The third kappa shape index (κ3) is 7.23. The van der Waals surface area contributed by atoms with E-state index in [0.29, 0.717) is 0 Å². The zero-order chi connectivity index (χ0) is 11.8. The van der Waals surface area contributed by atoms with E-state index in [-0.39, 0.29) is 64.6 Å². The van der Waals surface area contributed by atoms with E-state index in [0.717, 1.165) is 0 Å². The van der Waals surface area contributed by atoms with Gasteiger partial charge in [0.2, 0.25) is 5.91 Å². The Kier molecular flexibility index (Phi) is 11.5. The number of nitrogens with one attached hydrogen (secondary N) is 1. The maximum absolute atomic E-state index is 11.2. The van der Waals surface area contributed by atoms with Crippen LogP contribution in [0.4, 0.5) is 0 Å². The Balaban J connectivity index is 0. The molecule has 7 heteroatoms. The van der Waals surface area contributed by atoms with Gasteiger partial charge in [-0.25, -0.2) is 4.79 Å². The maximum Gasteiger partial charge on any atom is 1.00 e. The number of carbonyl (C=O) groups is 2. The summed E-state index contributed by atoms with van der Waals surface area (Å²) in [5, 5.41) is 13.3. The topological polar surface area (TPSA) is 87.7 Å². The largest absolute Gasteiger partial charge is 1.00 e. The van der Waals surface area contributed by atoms with Crippen LogP contribution in [0.1, 0.15) is 20.8 Å². The van der Waals surface area contributed by atoms with Crippen molar-refractivity contribution in [2.45, 2.75) is 20.8 Å². The van der Waals surface area contributed by atoms with Gasteiger partial charge < -0.3 is 19.9 Å². The summed E-state index contributed by atoms with van der Waals surface area (Å²) in [4.78, 5) is 21.9. The maximum atomic E-state index is 11.2. The van der Waals surface area contributed by atoms with Crippen molar-refractivity contribution in [2.75, 3.05) is 13.2 Å². The predicted octanol–water partition coefficient (Wildman–Crippen LogP) is -3.74. The molecule has 0 fully saturated rings. The molecular weight excluding hydrogens is 241 g/mol. The van der Waals surface area contributed by atoms with Gasteiger partial charge in [0.15, 0.2) is 0 Å². The van der Waals surface area contributed by atoms with Gasteiger partial charge in [0.1, 0.15) is 5.70 Å². The van der Waals surface area contributed by atoms with Crippen LogP contribution in [0.2, 0.25) is 0 Å². The summed E-state index contributed by atoms with van der Waals surface area (Å²) in [5.74, 6) is -2.33. The van der Waals surface area contributed by atoms with Gasteiger partial charge >= 0.3 is 57.4 Å². The van der Waals surface area contributed by atoms with Crippen molar-refractivity contribution in [3.05, 3.63) is 11.6 Å². The molecule has 0 aromatic carbocycles. The van der Waals surface area contributed by atoms with E-state index in [2.05, 4.69) is 14.8 Å². The van der Waals surface area contributed by atoms with Crippen LogP contribution in [-0.4, -0.2) is 25.1 Å². The molecule has 0 aliphatic carbocycles. The normalized spacial score (nSPS) is 10.7. The monoisotopic (exact) mass is 255 g/mol. The standard InChI is InChI=1S/C9H15NO5.K/c1-4-14-8(12)7(10-6(3)11)9(13)15-5-2;/h12H,4-5H2,1-3H3,(H,10,11);/q;+1/p-1. The Morgan fingerprint density at radius 1 is 1.19 bits per heavy atom. The molecule has 0 bridgehead atoms. The Morgan fingerprint density at radius 2 is 1.69 bits per heavy atom. The van der Waals surface area contributed by atoms with Crippen LogP contribution < -0.4 is 61.8 Å². The molecule has 86 valence electrons. The molecule has 0 saturated heterocycles. The number of carbonyl (C=O) groups excluding carboxylic acids is 2. The molecule has 0 aromatic rings. The van der Waals surface area contributed by atoms with Crippen LogP contribution in [0.5, 0.6) is 0 Å². The van der Waals surface area contributed by atoms with Gasteiger partial charge in [-0.3, -0.25) is 4.79 Å². The number of hydrogen-bond donors (Lipinski definition) is 1. The second kappa shape index (κ2) is 10.1. The van der Waals surface area contributed by atoms with Crippen molar-refractivity contribution in [3.8, 4) is 0 Å². The van der Waals surface area contributed by atoms with Crippen LogP contribution in [-0.2, 0) is 19.1 Å². The summed E-state index contributed by atoms with van der Waals surface area (Å²) >= 11 is 0. The van der Waals surface area contributed by atoms with E-state index in [1.165, 1.54) is 6.92 Å². The average Bonchev–Trinajstić information content (AvgIpc) is 2.14. The molecule has 0 aliphatic heterocycles. The SMILES string of the molecule is CCOC(=O)C(NC(C)=O)=C([O-])OCC.[K+]. The second-order valence-electron chi connectivity index (χ2n) is 2.50. The molecule has 16 heavy (non-hydrogen) atoms. The zero-order valence-corrected chi connectivity index (χ0v) is 13.1. The fourth-order valence-electron chi connectivity index (χ4n) is 0.768. The van der Waals surface area contributed by atoms with Gasteiger partial charge in [0.25, 0.3) is 0 Å². The Hall–Kier alpha value is -0.0836. The first-order chi connectivity index (χ1) is 7.02. The molecule has 0 spiro atoms. The van der Waals surface area contributed by atoms with Gasteiger partial charge in [0, 0.05) is 6.92 Å². The van der Waals surface area contributed by atoms with Crippen molar-refractivity contribution < 1.29 is 75.6 Å². The number of amides is 1. The molecule has 0 heterocycles. The molecular formula is C9H14KNO5. The summed E-state index contributed by atoms with van der Waals surface area (Å²) in [5.41, 5.74) is -0.494. The van der Waals surface area contributed by atoms with E-state index in [9.17, 15) is 14.7 Å².